The van der Waals surface area contributed by atoms with Gasteiger partial charge in [-0.3, -0.25) is 0 Å². The predicted molar refractivity (Wildman–Crippen MR) is 102 cm³/mol. The third-order valence-corrected chi connectivity index (χ3v) is 5.39. The minimum atomic E-state index is 0.399. The molecule has 0 spiro atoms. The molecule has 1 atom stereocenters. The van der Waals surface area contributed by atoms with E-state index < -0.39 is 0 Å². The van der Waals surface area contributed by atoms with E-state index in [4.69, 9.17) is 0 Å². The van der Waals surface area contributed by atoms with Crippen LogP contribution in [0.5, 0.6) is 0 Å². The van der Waals surface area contributed by atoms with Crippen molar-refractivity contribution in [3.63, 3.8) is 0 Å². The maximum Gasteiger partial charge on any atom is 0.00984 e. The molecule has 1 aliphatic rings. The fraction of sp³-hybridized carbons (Fsp3) is 0.478. The molecular formula is C23H30. The summed E-state index contributed by atoms with van der Waals surface area (Å²) in [5.41, 5.74) is 12.8. The Balaban J connectivity index is 2.27. The fourth-order valence-corrected chi connectivity index (χ4v) is 3.89. The van der Waals surface area contributed by atoms with E-state index in [2.05, 4.69) is 63.6 Å². The van der Waals surface area contributed by atoms with Gasteiger partial charge in [0.2, 0.25) is 0 Å². The zero-order valence-corrected chi connectivity index (χ0v) is 15.0. The molecule has 0 bridgehead atoms. The Labute approximate surface area is 142 Å². The zero-order chi connectivity index (χ0) is 16.8. The van der Waals surface area contributed by atoms with Crippen LogP contribution in [0.4, 0.5) is 0 Å². The second-order valence-corrected chi connectivity index (χ2v) is 6.92. The summed E-state index contributed by atoms with van der Waals surface area (Å²) in [5, 5.41) is 0. The van der Waals surface area contributed by atoms with Crippen molar-refractivity contribution in [2.75, 3.05) is 0 Å². The molecule has 2 rings (SSSR count). The highest BCUT2D eigenvalue weighted by Crippen LogP contribution is 2.37. The molecule has 1 fully saturated rings. The van der Waals surface area contributed by atoms with E-state index >= 15 is 0 Å². The lowest BCUT2D eigenvalue weighted by atomic mass is 9.80. The lowest BCUT2D eigenvalue weighted by Gasteiger charge is -2.23. The Bertz CT molecular complexity index is 641. The molecule has 0 radical (unpaired) electrons. The van der Waals surface area contributed by atoms with E-state index in [1.807, 2.05) is 0 Å². The molecule has 1 aliphatic carbocycles. The van der Waals surface area contributed by atoms with Gasteiger partial charge in [0, 0.05) is 5.92 Å². The van der Waals surface area contributed by atoms with Gasteiger partial charge in [0.1, 0.15) is 0 Å². The van der Waals surface area contributed by atoms with Gasteiger partial charge in [-0.15, -0.1) is 11.5 Å². The zero-order valence-electron chi connectivity index (χ0n) is 15.0. The van der Waals surface area contributed by atoms with E-state index in [0.29, 0.717) is 11.8 Å². The number of benzene rings is 1. The molecule has 1 aromatic carbocycles. The highest BCUT2D eigenvalue weighted by molar-refractivity contribution is 5.66. The van der Waals surface area contributed by atoms with Crippen molar-refractivity contribution in [3.8, 4) is 0 Å². The third kappa shape index (κ3) is 4.17. The summed E-state index contributed by atoms with van der Waals surface area (Å²) in [6.07, 6.45) is 8.08. The maximum absolute atomic E-state index is 4.01. The smallest absolute Gasteiger partial charge is 0.00984 e. The Morgan fingerprint density at radius 1 is 1.09 bits per heavy atom. The summed E-state index contributed by atoms with van der Waals surface area (Å²) in [6.45, 7) is 14.3. The van der Waals surface area contributed by atoms with Gasteiger partial charge in [-0.2, -0.15) is 0 Å². The first-order chi connectivity index (χ1) is 11.1. The lowest BCUT2D eigenvalue weighted by Crippen LogP contribution is -2.09. The highest BCUT2D eigenvalue weighted by atomic mass is 14.3. The quantitative estimate of drug-likeness (QED) is 0.416. The Morgan fingerprint density at radius 2 is 1.74 bits per heavy atom. The topological polar surface area (TPSA) is 0 Å². The molecule has 0 N–H and O–H groups in total. The van der Waals surface area contributed by atoms with E-state index in [1.165, 1.54) is 60.8 Å². The molecule has 0 aliphatic heterocycles. The molecule has 0 amide bonds. The van der Waals surface area contributed by atoms with Crippen molar-refractivity contribution in [2.24, 2.45) is 5.92 Å². The molecule has 122 valence electrons. The maximum atomic E-state index is 4.01. The minimum absolute atomic E-state index is 0.399. The molecule has 1 unspecified atom stereocenters. The third-order valence-electron chi connectivity index (χ3n) is 5.39. The number of hydrogen-bond donors (Lipinski definition) is 0. The van der Waals surface area contributed by atoms with Gasteiger partial charge < -0.3 is 0 Å². The molecule has 0 saturated heterocycles. The van der Waals surface area contributed by atoms with Crippen LogP contribution in [0, 0.1) is 12.8 Å². The summed E-state index contributed by atoms with van der Waals surface area (Å²) in [5.74, 6) is 1.07. The number of hydrogen-bond acceptors (Lipinski definition) is 0. The van der Waals surface area contributed by atoms with E-state index in [9.17, 15) is 0 Å². The van der Waals surface area contributed by atoms with E-state index in [1.54, 1.807) is 0 Å². The number of allylic oxidation sites excluding steroid dienone is 2. The van der Waals surface area contributed by atoms with Crippen molar-refractivity contribution in [1.82, 2.24) is 0 Å². The van der Waals surface area contributed by atoms with E-state index in [0.717, 1.165) is 5.57 Å². The monoisotopic (exact) mass is 306 g/mol. The fourth-order valence-electron chi connectivity index (χ4n) is 3.89. The first kappa shape index (κ1) is 17.6. The van der Waals surface area contributed by atoms with Crippen LogP contribution in [0.2, 0.25) is 0 Å². The van der Waals surface area contributed by atoms with Crippen LogP contribution in [0.3, 0.4) is 0 Å². The van der Waals surface area contributed by atoms with Gasteiger partial charge in [-0.25, -0.2) is 0 Å². The number of aryl methyl sites for hydroxylation is 1. The Hall–Kier alpha value is -1.74. The van der Waals surface area contributed by atoms with Crippen LogP contribution in [0.15, 0.2) is 48.4 Å². The largest absolute Gasteiger partial charge is 0.129 e. The summed E-state index contributed by atoms with van der Waals surface area (Å²) in [6, 6.07) is 6.78. The van der Waals surface area contributed by atoms with E-state index in [-0.39, 0.29) is 0 Å². The summed E-state index contributed by atoms with van der Waals surface area (Å²) in [7, 11) is 0. The van der Waals surface area contributed by atoms with Gasteiger partial charge in [0.25, 0.3) is 0 Å². The summed E-state index contributed by atoms with van der Waals surface area (Å²) in [4.78, 5) is 0. The predicted octanol–water partition coefficient (Wildman–Crippen LogP) is 6.97. The van der Waals surface area contributed by atoms with Crippen molar-refractivity contribution in [2.45, 2.75) is 65.2 Å². The second kappa shape index (κ2) is 8.21. The molecule has 23 heavy (non-hydrogen) atoms. The SMILES string of the molecule is C=C=C(C)c1ccc(C(C)C(=C=C)C2CCCCCC2)cc1C. The normalized spacial score (nSPS) is 16.8. The van der Waals surface area contributed by atoms with Crippen molar-refractivity contribution in [1.29, 1.82) is 0 Å². The molecule has 0 aromatic heterocycles. The first-order valence-electron chi connectivity index (χ1n) is 8.96. The molecule has 0 nitrogen and oxygen atoms in total. The number of rotatable bonds is 4. The summed E-state index contributed by atoms with van der Waals surface area (Å²) >= 11 is 0. The van der Waals surface area contributed by atoms with Gasteiger partial charge >= 0.3 is 0 Å². The minimum Gasteiger partial charge on any atom is -0.129 e. The van der Waals surface area contributed by atoms with Crippen LogP contribution < -0.4 is 0 Å². The molecule has 0 heterocycles. The standard InChI is InChI=1S/C23H30/c1-6-17(3)23-15-14-21(16-18(23)4)19(5)22(7-2)20-12-10-8-9-11-13-20/h14-16,19-20H,1-2,8-13H2,3-5H3. The first-order valence-corrected chi connectivity index (χ1v) is 8.96. The Kier molecular flexibility index (Phi) is 6.28. The second-order valence-electron chi connectivity index (χ2n) is 6.92. The van der Waals surface area contributed by atoms with Gasteiger partial charge in [-0.05, 0) is 60.4 Å². The Morgan fingerprint density at radius 3 is 2.26 bits per heavy atom. The average molecular weight is 306 g/mol. The average Bonchev–Trinajstić information content (AvgIpc) is 2.84. The van der Waals surface area contributed by atoms with Crippen molar-refractivity contribution < 1.29 is 0 Å². The van der Waals surface area contributed by atoms with Crippen LogP contribution in [-0.4, -0.2) is 0 Å². The van der Waals surface area contributed by atoms with Gasteiger partial charge in [0.05, 0.1) is 0 Å². The van der Waals surface area contributed by atoms with Crippen LogP contribution in [0.25, 0.3) is 5.57 Å². The van der Waals surface area contributed by atoms with Crippen LogP contribution in [0.1, 0.15) is 75.0 Å². The van der Waals surface area contributed by atoms with Crippen LogP contribution >= 0.6 is 0 Å². The molecule has 1 saturated carbocycles. The molecular weight excluding hydrogens is 276 g/mol. The van der Waals surface area contributed by atoms with Gasteiger partial charge in [-0.1, -0.05) is 64.0 Å². The summed E-state index contributed by atoms with van der Waals surface area (Å²) < 4.78 is 0. The molecule has 1 aromatic rings. The van der Waals surface area contributed by atoms with Gasteiger partial charge in [0.15, 0.2) is 0 Å². The highest BCUT2D eigenvalue weighted by Gasteiger charge is 2.22. The van der Waals surface area contributed by atoms with Crippen LogP contribution in [-0.2, 0) is 0 Å². The van der Waals surface area contributed by atoms with Crippen molar-refractivity contribution >= 4 is 5.57 Å². The van der Waals surface area contributed by atoms with Crippen molar-refractivity contribution in [3.05, 3.63) is 65.1 Å². The molecule has 0 heteroatoms. The lowest BCUT2D eigenvalue weighted by molar-refractivity contribution is 0.503.